The van der Waals surface area contributed by atoms with Crippen molar-refractivity contribution >= 4 is 39.4 Å². The van der Waals surface area contributed by atoms with Gasteiger partial charge in [-0.1, -0.05) is 24.6 Å². The minimum absolute atomic E-state index is 0.234. The largest absolute Gasteiger partial charge is 0.469 e. The lowest BCUT2D eigenvalue weighted by Gasteiger charge is -2.21. The zero-order valence-electron chi connectivity index (χ0n) is 10.9. The first-order valence-corrected chi connectivity index (χ1v) is 6.82. The van der Waals surface area contributed by atoms with Crippen LogP contribution in [0.25, 0.3) is 0 Å². The third kappa shape index (κ3) is 3.94. The number of nitrogens with zero attached hydrogens (tertiary/aromatic N) is 1. The van der Waals surface area contributed by atoms with Crippen molar-refractivity contribution in [2.75, 3.05) is 20.7 Å². The second-order valence-electron chi connectivity index (χ2n) is 4.21. The monoisotopic (exact) mass is 347 g/mol. The van der Waals surface area contributed by atoms with Crippen LogP contribution in [0.4, 0.5) is 0 Å². The number of halogens is 2. The maximum atomic E-state index is 12.2. The molecule has 0 saturated carbocycles. The number of hydrogen-bond acceptors (Lipinski definition) is 3. The van der Waals surface area contributed by atoms with Gasteiger partial charge in [0, 0.05) is 18.1 Å². The van der Waals surface area contributed by atoms with Gasteiger partial charge >= 0.3 is 5.97 Å². The van der Waals surface area contributed by atoms with E-state index in [0.717, 1.165) is 0 Å². The van der Waals surface area contributed by atoms with E-state index in [0.29, 0.717) is 15.1 Å². The molecule has 0 radical (unpaired) electrons. The van der Waals surface area contributed by atoms with Gasteiger partial charge in [-0.25, -0.2) is 0 Å². The van der Waals surface area contributed by atoms with Crippen molar-refractivity contribution in [3.63, 3.8) is 0 Å². The summed E-state index contributed by atoms with van der Waals surface area (Å²) in [6, 6.07) is 5.14. The molecular weight excluding hydrogens is 334 g/mol. The average molecular weight is 349 g/mol. The first-order chi connectivity index (χ1) is 8.88. The van der Waals surface area contributed by atoms with E-state index in [1.165, 1.54) is 12.0 Å². The third-order valence-corrected chi connectivity index (χ3v) is 3.98. The van der Waals surface area contributed by atoms with Crippen molar-refractivity contribution in [1.82, 2.24) is 4.90 Å². The molecule has 4 nitrogen and oxygen atoms in total. The number of ether oxygens (including phenoxy) is 1. The summed E-state index contributed by atoms with van der Waals surface area (Å²) in [7, 11) is 2.95. The average Bonchev–Trinajstić information content (AvgIpc) is 2.39. The van der Waals surface area contributed by atoms with Crippen LogP contribution in [0.15, 0.2) is 22.7 Å². The minimum Gasteiger partial charge on any atom is -0.469 e. The van der Waals surface area contributed by atoms with Gasteiger partial charge < -0.3 is 9.64 Å². The van der Waals surface area contributed by atoms with E-state index in [1.807, 2.05) is 0 Å². The Balaban J connectivity index is 2.83. The zero-order valence-corrected chi connectivity index (χ0v) is 13.3. The van der Waals surface area contributed by atoms with Crippen molar-refractivity contribution in [2.24, 2.45) is 5.92 Å². The van der Waals surface area contributed by atoms with Crippen LogP contribution in [0.1, 0.15) is 17.3 Å². The smallest absolute Gasteiger partial charge is 0.310 e. The summed E-state index contributed by atoms with van der Waals surface area (Å²) >= 11 is 9.34. The lowest BCUT2D eigenvalue weighted by atomic mass is 10.1. The van der Waals surface area contributed by atoms with Gasteiger partial charge in [0.15, 0.2) is 0 Å². The van der Waals surface area contributed by atoms with Crippen LogP contribution in [0.5, 0.6) is 0 Å². The predicted octanol–water partition coefficient (Wildman–Crippen LogP) is 2.98. The molecule has 0 saturated heterocycles. The van der Waals surface area contributed by atoms with Crippen molar-refractivity contribution in [3.8, 4) is 0 Å². The van der Waals surface area contributed by atoms with Crippen LogP contribution >= 0.6 is 27.5 Å². The topological polar surface area (TPSA) is 46.6 Å². The number of methoxy groups -OCH3 is 1. The molecular formula is C13H15BrClNO3. The van der Waals surface area contributed by atoms with Gasteiger partial charge in [-0.3, -0.25) is 9.59 Å². The van der Waals surface area contributed by atoms with Gasteiger partial charge in [-0.2, -0.15) is 0 Å². The highest BCUT2D eigenvalue weighted by Crippen LogP contribution is 2.26. The Bertz CT molecular complexity index is 493. The molecule has 1 aromatic carbocycles. The van der Waals surface area contributed by atoms with Gasteiger partial charge in [0.05, 0.1) is 23.6 Å². The fraction of sp³-hybridized carbons (Fsp3) is 0.385. The summed E-state index contributed by atoms with van der Waals surface area (Å²) in [5.41, 5.74) is 0.399. The summed E-state index contributed by atoms with van der Waals surface area (Å²) < 4.78 is 5.29. The molecule has 0 aliphatic rings. The summed E-state index contributed by atoms with van der Waals surface area (Å²) in [4.78, 5) is 25.0. The van der Waals surface area contributed by atoms with E-state index in [4.69, 9.17) is 11.6 Å². The molecule has 0 spiro atoms. The highest BCUT2D eigenvalue weighted by molar-refractivity contribution is 9.10. The Hall–Kier alpha value is -1.07. The molecule has 0 bridgehead atoms. The van der Waals surface area contributed by atoms with Crippen LogP contribution in [-0.4, -0.2) is 37.5 Å². The van der Waals surface area contributed by atoms with E-state index in [1.54, 1.807) is 32.2 Å². The van der Waals surface area contributed by atoms with Gasteiger partial charge in [0.2, 0.25) is 0 Å². The lowest BCUT2D eigenvalue weighted by molar-refractivity contribution is -0.145. The van der Waals surface area contributed by atoms with Crippen LogP contribution in [-0.2, 0) is 9.53 Å². The van der Waals surface area contributed by atoms with Crippen molar-refractivity contribution in [2.45, 2.75) is 6.92 Å². The van der Waals surface area contributed by atoms with Crippen molar-refractivity contribution in [1.29, 1.82) is 0 Å². The number of amides is 1. The highest BCUT2D eigenvalue weighted by atomic mass is 79.9. The molecule has 1 aromatic rings. The predicted molar refractivity (Wildman–Crippen MR) is 77.3 cm³/mol. The number of rotatable bonds is 4. The highest BCUT2D eigenvalue weighted by Gasteiger charge is 2.21. The number of esters is 1. The molecule has 0 aliphatic heterocycles. The maximum absolute atomic E-state index is 12.2. The number of carbonyl (C=O) groups is 2. The molecule has 6 heteroatoms. The van der Waals surface area contributed by atoms with Crippen molar-refractivity contribution in [3.05, 3.63) is 33.3 Å². The molecule has 0 aliphatic carbocycles. The van der Waals surface area contributed by atoms with Crippen LogP contribution in [0.3, 0.4) is 0 Å². The number of carbonyl (C=O) groups excluding carboxylic acids is 2. The molecule has 0 N–H and O–H groups in total. The van der Waals surface area contributed by atoms with Crippen LogP contribution < -0.4 is 0 Å². The number of benzene rings is 1. The third-order valence-electron chi connectivity index (χ3n) is 2.68. The van der Waals surface area contributed by atoms with E-state index in [-0.39, 0.29) is 24.3 Å². The van der Waals surface area contributed by atoms with Gasteiger partial charge in [-0.05, 0) is 28.1 Å². The van der Waals surface area contributed by atoms with E-state index in [9.17, 15) is 9.59 Å². The molecule has 0 fully saturated rings. The fourth-order valence-electron chi connectivity index (χ4n) is 1.64. The van der Waals surface area contributed by atoms with Crippen LogP contribution in [0, 0.1) is 5.92 Å². The second kappa shape index (κ2) is 6.91. The second-order valence-corrected chi connectivity index (χ2v) is 5.44. The summed E-state index contributed by atoms with van der Waals surface area (Å²) in [6.45, 7) is 1.98. The van der Waals surface area contributed by atoms with E-state index >= 15 is 0 Å². The molecule has 1 amide bonds. The standard InChI is InChI=1S/C13H15BrClNO3/c1-8(13(18)19-3)7-16(2)12(17)9-5-4-6-10(14)11(9)15/h4-6,8H,7H2,1-3H3. The molecule has 1 atom stereocenters. The van der Waals surface area contributed by atoms with E-state index in [2.05, 4.69) is 20.7 Å². The maximum Gasteiger partial charge on any atom is 0.310 e. The fourth-order valence-corrected chi connectivity index (χ4v) is 2.22. The summed E-state index contributed by atoms with van der Waals surface area (Å²) in [5.74, 6) is -0.966. The Morgan fingerprint density at radius 1 is 1.47 bits per heavy atom. The SMILES string of the molecule is COC(=O)C(C)CN(C)C(=O)c1cccc(Br)c1Cl. The number of hydrogen-bond donors (Lipinski definition) is 0. The molecule has 19 heavy (non-hydrogen) atoms. The molecule has 0 aromatic heterocycles. The Morgan fingerprint density at radius 2 is 2.11 bits per heavy atom. The summed E-state index contributed by atoms with van der Waals surface area (Å²) in [6.07, 6.45) is 0. The summed E-state index contributed by atoms with van der Waals surface area (Å²) in [5, 5.41) is 0.366. The van der Waals surface area contributed by atoms with Gasteiger partial charge in [0.1, 0.15) is 0 Å². The van der Waals surface area contributed by atoms with Crippen LogP contribution in [0.2, 0.25) is 5.02 Å². The van der Waals surface area contributed by atoms with Gasteiger partial charge in [0.25, 0.3) is 5.91 Å². The minimum atomic E-state index is -0.384. The van der Waals surface area contributed by atoms with Crippen molar-refractivity contribution < 1.29 is 14.3 Å². The Labute approximate surface area is 125 Å². The molecule has 1 rings (SSSR count). The zero-order chi connectivity index (χ0) is 14.6. The molecule has 1 unspecified atom stereocenters. The Kier molecular flexibility index (Phi) is 5.82. The van der Waals surface area contributed by atoms with Gasteiger partial charge in [-0.15, -0.1) is 0 Å². The Morgan fingerprint density at radius 3 is 2.68 bits per heavy atom. The quantitative estimate of drug-likeness (QED) is 0.786. The lowest BCUT2D eigenvalue weighted by Crippen LogP contribution is -2.34. The van der Waals surface area contributed by atoms with E-state index < -0.39 is 0 Å². The normalized spacial score (nSPS) is 11.8. The molecule has 0 heterocycles. The molecule has 104 valence electrons. The first-order valence-electron chi connectivity index (χ1n) is 5.65. The first kappa shape index (κ1) is 16.0.